The molecule has 0 radical (unpaired) electrons. The van der Waals surface area contributed by atoms with Crippen molar-refractivity contribution in [2.45, 2.75) is 0 Å². The largest absolute Gasteiger partial charge is 0.246 e. The van der Waals surface area contributed by atoms with Gasteiger partial charge in [-0.3, -0.25) is 0 Å². The van der Waals surface area contributed by atoms with Crippen molar-refractivity contribution in [2.75, 3.05) is 80.5 Å². The zero-order chi connectivity index (χ0) is 16.7. The van der Waals surface area contributed by atoms with Gasteiger partial charge < -0.3 is 0 Å². The van der Waals surface area contributed by atoms with Gasteiger partial charge in [-0.2, -0.15) is 13.5 Å². The maximum Gasteiger partial charge on any atom is 0.221 e. The summed E-state index contributed by atoms with van der Waals surface area (Å²) in [5.41, 5.74) is 0. The van der Waals surface area contributed by atoms with Crippen molar-refractivity contribution in [3.63, 3.8) is 0 Å². The molecular formula is C12H28N9P3. The van der Waals surface area contributed by atoms with Crippen molar-refractivity contribution >= 4 is 22.5 Å². The van der Waals surface area contributed by atoms with E-state index in [9.17, 15) is 0 Å². The third kappa shape index (κ3) is 2.34. The lowest BCUT2D eigenvalue weighted by atomic mass is 11.0. The highest BCUT2D eigenvalue weighted by Crippen LogP contribution is 2.85. The highest BCUT2D eigenvalue weighted by Gasteiger charge is 2.57. The lowest BCUT2D eigenvalue weighted by Gasteiger charge is -2.42. The Morgan fingerprint density at radius 3 is 1.17 bits per heavy atom. The van der Waals surface area contributed by atoms with Crippen molar-refractivity contribution < 1.29 is 0 Å². The summed E-state index contributed by atoms with van der Waals surface area (Å²) in [5.74, 6) is 0. The molecule has 9 nitrogen and oxygen atoms in total. The maximum atomic E-state index is 5.62. The predicted molar refractivity (Wildman–Crippen MR) is 102 cm³/mol. The summed E-state index contributed by atoms with van der Waals surface area (Å²) in [6.07, 6.45) is 0. The van der Waals surface area contributed by atoms with E-state index in [0.717, 1.165) is 52.4 Å². The van der Waals surface area contributed by atoms with E-state index >= 15 is 0 Å². The van der Waals surface area contributed by atoms with Crippen LogP contribution in [0.5, 0.6) is 0 Å². The lowest BCUT2D eigenvalue weighted by molar-refractivity contribution is 0.560. The van der Waals surface area contributed by atoms with E-state index in [4.69, 9.17) is 13.5 Å². The minimum Gasteiger partial charge on any atom is -0.246 e. The Hall–Kier alpha value is 0.450. The predicted octanol–water partition coefficient (Wildman–Crippen LogP) is 2.22. The minimum absolute atomic E-state index is 1.15. The van der Waals surface area contributed by atoms with E-state index in [1.807, 2.05) is 0 Å². The summed E-state index contributed by atoms with van der Waals surface area (Å²) in [4.78, 5) is 0. The number of hydrogen-bond acceptors (Lipinski definition) is 9. The van der Waals surface area contributed by atoms with E-state index in [1.54, 1.807) is 0 Å². The molecule has 0 unspecified atom stereocenters. The first kappa shape index (κ1) is 16.6. The molecule has 0 aromatic carbocycles. The molecule has 5 aliphatic rings. The van der Waals surface area contributed by atoms with Gasteiger partial charge in [-0.15, -0.1) is 0 Å². The molecule has 4 saturated heterocycles. The van der Waals surface area contributed by atoms with Gasteiger partial charge in [0.15, 0.2) is 0 Å². The molecule has 136 valence electrons. The van der Waals surface area contributed by atoms with Gasteiger partial charge in [0.1, 0.15) is 0 Å². The molecule has 0 aromatic rings. The molecule has 4 fully saturated rings. The topological polar surface area (TPSA) is 55.6 Å². The van der Waals surface area contributed by atoms with Crippen LogP contribution in [0, 0.1) is 0 Å². The van der Waals surface area contributed by atoms with Crippen LogP contribution in [0.25, 0.3) is 0 Å². The second-order valence-corrected chi connectivity index (χ2v) is 16.6. The van der Waals surface area contributed by atoms with Gasteiger partial charge in [0, 0.05) is 52.4 Å². The minimum atomic E-state index is -2.08. The SMILES string of the molecule is CN(C)P1(N(C)C)=NP(N2CC2)(N2CC2)=NP(N2CC2)(N2CC2)=N1. The molecule has 5 heterocycles. The van der Waals surface area contributed by atoms with E-state index in [1.165, 1.54) is 0 Å². The standard InChI is InChI=1S/C12H28N9P3/c1-16(2)22(17(3)4)13-23(18-5-6-18,19-7-8-19)15-24(14-22,20-9-10-20)21-11-12-21/h5-12H2,1-4H3. The lowest BCUT2D eigenvalue weighted by Crippen LogP contribution is -2.23. The first-order valence-corrected chi connectivity index (χ1v) is 13.5. The molecular weight excluding hydrogens is 363 g/mol. The van der Waals surface area contributed by atoms with Gasteiger partial charge in [0.2, 0.25) is 22.5 Å². The van der Waals surface area contributed by atoms with Crippen molar-refractivity contribution in [2.24, 2.45) is 13.5 Å². The van der Waals surface area contributed by atoms with Crippen molar-refractivity contribution in [3.8, 4) is 0 Å². The van der Waals surface area contributed by atoms with Crippen LogP contribution >= 0.6 is 22.5 Å². The Kier molecular flexibility index (Phi) is 3.63. The van der Waals surface area contributed by atoms with Gasteiger partial charge in [-0.1, -0.05) is 0 Å². The van der Waals surface area contributed by atoms with Crippen LogP contribution in [-0.2, 0) is 0 Å². The maximum absolute atomic E-state index is 5.62. The van der Waals surface area contributed by atoms with Gasteiger partial charge >= 0.3 is 0 Å². The fraction of sp³-hybridized carbons (Fsp3) is 1.00. The Labute approximate surface area is 145 Å². The summed E-state index contributed by atoms with van der Waals surface area (Å²) in [7, 11) is 2.68. The van der Waals surface area contributed by atoms with Crippen molar-refractivity contribution in [3.05, 3.63) is 0 Å². The molecule has 0 atom stereocenters. The van der Waals surface area contributed by atoms with E-state index in [-0.39, 0.29) is 0 Å². The molecule has 0 spiro atoms. The summed E-state index contributed by atoms with van der Waals surface area (Å²) in [5, 5.41) is 0. The van der Waals surface area contributed by atoms with Crippen LogP contribution in [0.2, 0.25) is 0 Å². The third-order valence-electron chi connectivity index (χ3n) is 5.01. The second kappa shape index (κ2) is 5.25. The first-order valence-electron chi connectivity index (χ1n) is 8.72. The molecule has 5 aliphatic heterocycles. The average Bonchev–Trinajstić information content (AvgIpc) is 3.41. The van der Waals surface area contributed by atoms with E-state index in [0.29, 0.717) is 0 Å². The van der Waals surface area contributed by atoms with Crippen molar-refractivity contribution in [1.82, 2.24) is 28.0 Å². The molecule has 0 aromatic heterocycles. The van der Waals surface area contributed by atoms with Crippen LogP contribution < -0.4 is 0 Å². The number of nitrogens with zero attached hydrogens (tertiary/aromatic N) is 9. The summed E-state index contributed by atoms with van der Waals surface area (Å²) >= 11 is 0. The highest BCUT2D eigenvalue weighted by atomic mass is 31.3. The molecule has 0 amide bonds. The van der Waals surface area contributed by atoms with Gasteiger partial charge in [-0.25, -0.2) is 28.0 Å². The molecule has 24 heavy (non-hydrogen) atoms. The smallest absolute Gasteiger partial charge is 0.221 e. The van der Waals surface area contributed by atoms with Crippen LogP contribution in [0.1, 0.15) is 0 Å². The number of hydrogen-bond donors (Lipinski definition) is 0. The zero-order valence-corrected chi connectivity index (χ0v) is 17.7. The van der Waals surface area contributed by atoms with E-state index in [2.05, 4.69) is 56.2 Å². The average molecular weight is 391 g/mol. The zero-order valence-electron chi connectivity index (χ0n) is 15.0. The van der Waals surface area contributed by atoms with E-state index < -0.39 is 22.5 Å². The van der Waals surface area contributed by atoms with Gasteiger partial charge in [0.05, 0.1) is 0 Å². The Morgan fingerprint density at radius 2 is 0.875 bits per heavy atom. The monoisotopic (exact) mass is 391 g/mol. The summed E-state index contributed by atoms with van der Waals surface area (Å²) in [6, 6.07) is 0. The Bertz CT molecular complexity index is 590. The highest BCUT2D eigenvalue weighted by molar-refractivity contribution is 7.83. The molecule has 5 rings (SSSR count). The Morgan fingerprint density at radius 1 is 0.542 bits per heavy atom. The molecule has 0 N–H and O–H groups in total. The molecule has 0 saturated carbocycles. The quantitative estimate of drug-likeness (QED) is 0.511. The molecule has 0 bridgehead atoms. The normalized spacial score (nSPS) is 33.8. The Balaban J connectivity index is 1.82. The fourth-order valence-corrected chi connectivity index (χ4v) is 18.7. The molecule has 0 aliphatic carbocycles. The van der Waals surface area contributed by atoms with Gasteiger partial charge in [-0.05, 0) is 28.2 Å². The molecule has 12 heteroatoms. The van der Waals surface area contributed by atoms with Crippen molar-refractivity contribution in [1.29, 1.82) is 0 Å². The fourth-order valence-electron chi connectivity index (χ4n) is 3.28. The van der Waals surface area contributed by atoms with Crippen LogP contribution in [0.15, 0.2) is 13.5 Å². The van der Waals surface area contributed by atoms with Crippen LogP contribution in [-0.4, -0.2) is 109 Å². The summed E-state index contributed by atoms with van der Waals surface area (Å²) < 4.78 is 31.5. The first-order chi connectivity index (χ1) is 11.4. The van der Waals surface area contributed by atoms with Crippen LogP contribution in [0.4, 0.5) is 0 Å². The van der Waals surface area contributed by atoms with Gasteiger partial charge in [0.25, 0.3) is 0 Å². The summed E-state index contributed by atoms with van der Waals surface area (Å²) in [6.45, 7) is 9.21. The number of rotatable bonds is 6. The second-order valence-electron chi connectivity index (χ2n) is 7.39. The third-order valence-corrected chi connectivity index (χ3v) is 17.5. The van der Waals surface area contributed by atoms with Crippen LogP contribution in [0.3, 0.4) is 0 Å².